The monoisotopic (exact) mass is 771 g/mol. The Kier molecular flexibility index (Phi) is 16.5. The van der Waals surface area contributed by atoms with Crippen molar-refractivity contribution in [2.24, 2.45) is 5.92 Å². The van der Waals surface area contributed by atoms with Gasteiger partial charge < -0.3 is 45.5 Å². The lowest BCUT2D eigenvalue weighted by molar-refractivity contribution is -0.152. The highest BCUT2D eigenvalue weighted by molar-refractivity contribution is 5.97. The third-order valence-corrected chi connectivity index (χ3v) is 7.87. The molecule has 1 heterocycles. The van der Waals surface area contributed by atoms with Gasteiger partial charge in [0.1, 0.15) is 37.9 Å². The molecule has 19 nitrogen and oxygen atoms in total. The highest BCUT2D eigenvalue weighted by atomic mass is 16.6. The highest BCUT2D eigenvalue weighted by Crippen LogP contribution is 2.26. The molecule has 2 aromatic carbocycles. The molecule has 0 bridgehead atoms. The number of nitrogens with one attached hydrogen (secondary N) is 4. The average molecular weight is 772 g/mol. The molecule has 1 aliphatic heterocycles. The second-order valence-electron chi connectivity index (χ2n) is 13.0. The molecule has 0 radical (unpaired) electrons. The Balaban J connectivity index is 1.68. The summed E-state index contributed by atoms with van der Waals surface area (Å²) >= 11 is 0. The maximum atomic E-state index is 13.5. The van der Waals surface area contributed by atoms with Gasteiger partial charge in [0.05, 0.1) is 6.10 Å². The molecule has 0 spiro atoms. The van der Waals surface area contributed by atoms with Crippen molar-refractivity contribution in [1.29, 1.82) is 0 Å². The predicted molar refractivity (Wildman–Crippen MR) is 188 cm³/mol. The number of amides is 5. The number of alkyl carbamates (subject to hydrolysis) is 1. The van der Waals surface area contributed by atoms with Crippen molar-refractivity contribution in [3.8, 4) is 0 Å². The predicted octanol–water partition coefficient (Wildman–Crippen LogP) is -0.00210. The number of hydrazine groups is 1. The molecule has 1 unspecified atom stereocenters. The Morgan fingerprint density at radius 3 is 1.82 bits per heavy atom. The van der Waals surface area contributed by atoms with Crippen LogP contribution in [0.5, 0.6) is 0 Å². The maximum Gasteiger partial charge on any atom is 0.408 e. The summed E-state index contributed by atoms with van der Waals surface area (Å²) in [5.41, 5.74) is 3.34. The molecule has 2 aromatic rings. The van der Waals surface area contributed by atoms with Gasteiger partial charge >= 0.3 is 24.0 Å². The van der Waals surface area contributed by atoms with E-state index in [1.807, 2.05) is 5.43 Å². The number of aliphatic hydroxyl groups excluding tert-OH is 1. The third-order valence-electron chi connectivity index (χ3n) is 7.87. The van der Waals surface area contributed by atoms with Gasteiger partial charge in [-0.3, -0.25) is 34.2 Å². The van der Waals surface area contributed by atoms with E-state index < -0.39 is 103 Å². The zero-order valence-corrected chi connectivity index (χ0v) is 30.3. The Bertz CT molecular complexity index is 1670. The van der Waals surface area contributed by atoms with E-state index in [0.29, 0.717) is 16.1 Å². The number of carbonyl (C=O) groups is 8. The number of carboxylic acid groups (broad SMARTS) is 2. The third kappa shape index (κ3) is 14.7. The zero-order valence-electron chi connectivity index (χ0n) is 30.3. The topological polar surface area (TPSA) is 280 Å². The summed E-state index contributed by atoms with van der Waals surface area (Å²) < 4.78 is 15.5. The summed E-state index contributed by atoms with van der Waals surface area (Å²) in [5.74, 6) is -8.42. The molecule has 0 saturated carbocycles. The summed E-state index contributed by atoms with van der Waals surface area (Å²) in [7, 11) is 0. The first-order chi connectivity index (χ1) is 26.0. The number of hydrogen-bond acceptors (Lipinski definition) is 12. The normalized spacial score (nSPS) is 16.6. The van der Waals surface area contributed by atoms with Gasteiger partial charge in [-0.05, 0) is 36.8 Å². The van der Waals surface area contributed by atoms with Gasteiger partial charge in [0.2, 0.25) is 11.8 Å². The van der Waals surface area contributed by atoms with Gasteiger partial charge in [-0.1, -0.05) is 74.5 Å². The minimum absolute atomic E-state index is 0.0853. The van der Waals surface area contributed by atoms with Gasteiger partial charge in [0, 0.05) is 6.42 Å². The number of rotatable bonds is 20. The van der Waals surface area contributed by atoms with E-state index in [1.165, 1.54) is 0 Å². The fourth-order valence-electron chi connectivity index (χ4n) is 5.03. The Labute approximate surface area is 315 Å². The van der Waals surface area contributed by atoms with Crippen LogP contribution in [0.2, 0.25) is 0 Å². The number of nitrogens with zero attached hydrogens (tertiary/aromatic N) is 1. The van der Waals surface area contributed by atoms with Crippen LogP contribution in [0.25, 0.3) is 0 Å². The number of benzene rings is 2. The van der Waals surface area contributed by atoms with Gasteiger partial charge in [-0.15, -0.1) is 0 Å². The lowest BCUT2D eigenvalue weighted by atomic mass is 10.0. The fourth-order valence-corrected chi connectivity index (χ4v) is 5.03. The highest BCUT2D eigenvalue weighted by Gasteiger charge is 2.54. The van der Waals surface area contributed by atoms with Crippen LogP contribution in [-0.4, -0.2) is 111 Å². The van der Waals surface area contributed by atoms with Crippen LogP contribution in [0, 0.1) is 5.92 Å². The van der Waals surface area contributed by atoms with Crippen LogP contribution in [0.1, 0.15) is 51.2 Å². The number of carboxylic acids is 2. The molecule has 7 N–H and O–H groups in total. The van der Waals surface area contributed by atoms with Crippen molar-refractivity contribution in [3.05, 3.63) is 71.8 Å². The molecule has 5 amide bonds. The first kappa shape index (κ1) is 43.3. The molecule has 0 aromatic heterocycles. The maximum absolute atomic E-state index is 13.5. The number of esters is 1. The first-order valence-corrected chi connectivity index (χ1v) is 17.2. The minimum Gasteiger partial charge on any atom is -0.481 e. The van der Waals surface area contributed by atoms with Gasteiger partial charge in [0.25, 0.3) is 11.8 Å². The summed E-state index contributed by atoms with van der Waals surface area (Å²) in [6.07, 6.45) is -6.55. The molecule has 3 rings (SSSR count). The van der Waals surface area contributed by atoms with Crippen molar-refractivity contribution in [1.82, 2.24) is 26.4 Å². The van der Waals surface area contributed by atoms with Crippen molar-refractivity contribution in [2.45, 2.75) is 89.7 Å². The number of aliphatic carboxylic acids is 2. The fraction of sp³-hybridized carbons (Fsp3) is 0.444. The van der Waals surface area contributed by atoms with Crippen LogP contribution in [0.15, 0.2) is 60.7 Å². The second-order valence-corrected chi connectivity index (χ2v) is 13.0. The smallest absolute Gasteiger partial charge is 0.408 e. The first-order valence-electron chi connectivity index (χ1n) is 17.2. The quantitative estimate of drug-likeness (QED) is 0.0530. The Morgan fingerprint density at radius 2 is 1.29 bits per heavy atom. The van der Waals surface area contributed by atoms with Crippen LogP contribution in [-0.2, 0) is 61.0 Å². The Morgan fingerprint density at radius 1 is 0.727 bits per heavy atom. The molecule has 1 fully saturated rings. The van der Waals surface area contributed by atoms with Crippen molar-refractivity contribution >= 4 is 47.6 Å². The van der Waals surface area contributed by atoms with E-state index >= 15 is 0 Å². The molecule has 298 valence electrons. The van der Waals surface area contributed by atoms with E-state index in [2.05, 4.69) is 16.0 Å². The van der Waals surface area contributed by atoms with Crippen LogP contribution in [0.4, 0.5) is 4.79 Å². The van der Waals surface area contributed by atoms with Crippen molar-refractivity contribution < 1.29 is 67.9 Å². The number of epoxide rings is 1. The average Bonchev–Trinajstić information content (AvgIpc) is 3.94. The van der Waals surface area contributed by atoms with Crippen molar-refractivity contribution in [2.75, 3.05) is 6.54 Å². The molecule has 55 heavy (non-hydrogen) atoms. The summed E-state index contributed by atoms with van der Waals surface area (Å²) in [6, 6.07) is 12.6. The molecular weight excluding hydrogens is 726 g/mol. The molecule has 1 saturated heterocycles. The largest absolute Gasteiger partial charge is 0.481 e. The van der Waals surface area contributed by atoms with E-state index in [-0.39, 0.29) is 25.6 Å². The van der Waals surface area contributed by atoms with Crippen LogP contribution < -0.4 is 21.4 Å². The van der Waals surface area contributed by atoms with Gasteiger partial charge in [-0.25, -0.2) is 14.6 Å². The summed E-state index contributed by atoms with van der Waals surface area (Å²) in [6.45, 7) is 3.28. The van der Waals surface area contributed by atoms with Crippen LogP contribution in [0.3, 0.4) is 0 Å². The molecular formula is C36H45N5O14. The minimum atomic E-state index is -1.88. The molecule has 0 aliphatic carbocycles. The Hall–Kier alpha value is -6.08. The number of carbonyl (C=O) groups excluding carboxylic acids is 6. The van der Waals surface area contributed by atoms with Gasteiger partial charge in [-0.2, -0.15) is 0 Å². The number of ether oxygens (including phenoxy) is 3. The standard InChI is InChI=1S/C36H45N5O14/c1-20(2)16-25(38-36(52)54-19-23-12-8-5-9-13-23)32(48)37-24(14-15-26(43)44)31(47)39-28(21(3)42)33(49)40-41(17-27(45)46)34(50)29-30(55-29)35(51)53-18-22-10-6-4-7-11-22/h4-13,20-21,24-25,28-30,42H,14-19H2,1-3H3,(H,37,48)(H,38,52)(H,39,47)(H,40,49)(H,43,44)(H,45,46)/t21-,24?,25+,28+,29+,30+/m1/s1. The lowest BCUT2D eigenvalue weighted by Gasteiger charge is -2.28. The van der Waals surface area contributed by atoms with E-state index in [9.17, 15) is 53.7 Å². The van der Waals surface area contributed by atoms with E-state index in [0.717, 1.165) is 6.92 Å². The SMILES string of the molecule is CC(C)C[C@H](NC(=O)OCc1ccccc1)C(=O)NC(CCC(=O)O)C(=O)N[C@H](C(=O)NN(CC(=O)O)C(=O)[C@H]1O[C@@H]1C(=O)OCc1ccccc1)[C@@H](C)O. The molecule has 6 atom stereocenters. The summed E-state index contributed by atoms with van der Waals surface area (Å²) in [4.78, 5) is 101. The summed E-state index contributed by atoms with van der Waals surface area (Å²) in [5, 5.41) is 36.5. The van der Waals surface area contributed by atoms with E-state index in [4.69, 9.17) is 14.2 Å². The van der Waals surface area contributed by atoms with Gasteiger partial charge in [0.15, 0.2) is 12.2 Å². The molecule has 19 heteroatoms. The van der Waals surface area contributed by atoms with Crippen LogP contribution >= 0.6 is 0 Å². The second kappa shape index (κ2) is 21.0. The number of aliphatic hydroxyl groups is 1. The zero-order chi connectivity index (χ0) is 40.7. The number of hydrogen-bond donors (Lipinski definition) is 7. The molecule has 1 aliphatic rings. The van der Waals surface area contributed by atoms with Crippen molar-refractivity contribution in [3.63, 3.8) is 0 Å². The lowest BCUT2D eigenvalue weighted by Crippen LogP contribution is -2.61. The van der Waals surface area contributed by atoms with E-state index in [1.54, 1.807) is 74.5 Å².